The lowest BCUT2D eigenvalue weighted by Gasteiger charge is -2.00. The fraction of sp³-hybridized carbons (Fsp3) is 0.600. The average molecular weight is 249 g/mol. The van der Waals surface area contributed by atoms with Crippen LogP contribution in [0.3, 0.4) is 0 Å². The Morgan fingerprint density at radius 1 is 1.53 bits per heavy atom. The smallest absolute Gasteiger partial charge is 0.437 e. The predicted octanol–water partition coefficient (Wildman–Crippen LogP) is 2.91. The van der Waals surface area contributed by atoms with Crippen molar-refractivity contribution in [3.63, 3.8) is 0 Å². The number of aromatic carboxylic acids is 1. The van der Waals surface area contributed by atoms with E-state index in [1.807, 2.05) is 13.8 Å². The maximum absolute atomic E-state index is 12.5. The van der Waals surface area contributed by atoms with E-state index in [9.17, 15) is 18.0 Å². The van der Waals surface area contributed by atoms with Crippen LogP contribution in [0.5, 0.6) is 0 Å². The van der Waals surface area contributed by atoms with Crippen molar-refractivity contribution in [2.75, 3.05) is 0 Å². The normalized spacial score (nSPS) is 22.5. The van der Waals surface area contributed by atoms with Gasteiger partial charge in [-0.25, -0.2) is 9.78 Å². The van der Waals surface area contributed by atoms with Gasteiger partial charge in [0.2, 0.25) is 5.76 Å². The van der Waals surface area contributed by atoms with Crippen molar-refractivity contribution in [1.82, 2.24) is 4.98 Å². The molecule has 1 aromatic heterocycles. The van der Waals surface area contributed by atoms with Crippen LogP contribution in [0, 0.1) is 5.41 Å². The van der Waals surface area contributed by atoms with Gasteiger partial charge in [-0.3, -0.25) is 0 Å². The molecule has 7 heteroatoms. The quantitative estimate of drug-likeness (QED) is 0.875. The van der Waals surface area contributed by atoms with Gasteiger partial charge in [0, 0.05) is 5.92 Å². The Labute approximate surface area is 94.4 Å². The van der Waals surface area contributed by atoms with E-state index in [2.05, 4.69) is 4.98 Å². The molecule has 0 saturated heterocycles. The van der Waals surface area contributed by atoms with E-state index in [0.29, 0.717) is 6.42 Å². The third-order valence-electron chi connectivity index (χ3n) is 2.92. The molecule has 17 heavy (non-hydrogen) atoms. The van der Waals surface area contributed by atoms with E-state index in [-0.39, 0.29) is 17.2 Å². The van der Waals surface area contributed by atoms with Crippen LogP contribution in [0.2, 0.25) is 0 Å². The van der Waals surface area contributed by atoms with E-state index in [0.717, 1.165) is 0 Å². The lowest BCUT2D eigenvalue weighted by Crippen LogP contribution is -2.11. The van der Waals surface area contributed by atoms with E-state index >= 15 is 0 Å². The topological polar surface area (TPSA) is 63.3 Å². The summed E-state index contributed by atoms with van der Waals surface area (Å²) >= 11 is 0. The number of oxazole rings is 1. The lowest BCUT2D eigenvalue weighted by molar-refractivity contribution is -0.141. The van der Waals surface area contributed by atoms with E-state index < -0.39 is 23.6 Å². The molecule has 1 unspecified atom stereocenters. The molecule has 94 valence electrons. The highest BCUT2D eigenvalue weighted by Crippen LogP contribution is 2.58. The van der Waals surface area contributed by atoms with Crippen molar-refractivity contribution < 1.29 is 27.5 Å². The molecule has 1 heterocycles. The van der Waals surface area contributed by atoms with Crippen LogP contribution in [-0.2, 0) is 6.18 Å². The Kier molecular flexibility index (Phi) is 2.28. The number of carboxylic acid groups (broad SMARTS) is 1. The molecule has 2 rings (SSSR count). The molecule has 0 radical (unpaired) electrons. The van der Waals surface area contributed by atoms with Crippen LogP contribution < -0.4 is 0 Å². The number of carbonyl (C=O) groups is 1. The van der Waals surface area contributed by atoms with Crippen LogP contribution >= 0.6 is 0 Å². The first-order valence-corrected chi connectivity index (χ1v) is 4.94. The highest BCUT2D eigenvalue weighted by atomic mass is 19.4. The van der Waals surface area contributed by atoms with Crippen molar-refractivity contribution in [2.24, 2.45) is 5.41 Å². The van der Waals surface area contributed by atoms with Crippen molar-refractivity contribution in [3.05, 3.63) is 17.3 Å². The first kappa shape index (κ1) is 11.9. The zero-order valence-corrected chi connectivity index (χ0v) is 9.13. The molecule has 1 fully saturated rings. The van der Waals surface area contributed by atoms with Gasteiger partial charge in [-0.15, -0.1) is 0 Å². The number of alkyl halides is 3. The number of halogens is 3. The van der Waals surface area contributed by atoms with Crippen LogP contribution in [0.1, 0.15) is 48.3 Å². The summed E-state index contributed by atoms with van der Waals surface area (Å²) in [6, 6.07) is 0. The molecule has 0 spiro atoms. The Hall–Kier alpha value is -1.53. The van der Waals surface area contributed by atoms with Gasteiger partial charge in [0.1, 0.15) is 0 Å². The number of nitrogens with zero attached hydrogens (tertiary/aromatic N) is 1. The summed E-state index contributed by atoms with van der Waals surface area (Å²) in [5, 5.41) is 8.64. The minimum absolute atomic E-state index is 0.139. The molecule has 4 nitrogen and oxygen atoms in total. The van der Waals surface area contributed by atoms with Gasteiger partial charge in [0.25, 0.3) is 0 Å². The number of hydrogen-bond donors (Lipinski definition) is 1. The standard InChI is InChI=1S/C10H10F3NO3/c1-9(2)3-4(9)7-14-6(10(11,12)13)5(17-7)8(15)16/h4H,3H2,1-2H3,(H,15,16). The summed E-state index contributed by atoms with van der Waals surface area (Å²) in [5.41, 5.74) is -1.63. The third-order valence-corrected chi connectivity index (χ3v) is 2.92. The summed E-state index contributed by atoms with van der Waals surface area (Å²) in [6.07, 6.45) is -4.17. The highest BCUT2D eigenvalue weighted by Gasteiger charge is 2.52. The fourth-order valence-corrected chi connectivity index (χ4v) is 1.71. The third kappa shape index (κ3) is 2.01. The number of carboxylic acids is 1. The van der Waals surface area contributed by atoms with Gasteiger partial charge in [-0.1, -0.05) is 13.8 Å². The predicted molar refractivity (Wildman–Crippen MR) is 49.6 cm³/mol. The number of aromatic nitrogens is 1. The summed E-state index contributed by atoms with van der Waals surface area (Å²) < 4.78 is 42.3. The fourth-order valence-electron chi connectivity index (χ4n) is 1.71. The van der Waals surface area contributed by atoms with E-state index in [1.54, 1.807) is 0 Å². The van der Waals surface area contributed by atoms with Crippen LogP contribution in [0.4, 0.5) is 13.2 Å². The van der Waals surface area contributed by atoms with Gasteiger partial charge >= 0.3 is 12.1 Å². The first-order chi connectivity index (χ1) is 7.63. The van der Waals surface area contributed by atoms with Crippen molar-refractivity contribution >= 4 is 5.97 Å². The van der Waals surface area contributed by atoms with Gasteiger partial charge in [-0.05, 0) is 11.8 Å². The van der Waals surface area contributed by atoms with Crippen molar-refractivity contribution in [2.45, 2.75) is 32.4 Å². The Morgan fingerprint density at radius 2 is 2.06 bits per heavy atom. The Balaban J connectivity index is 2.43. The zero-order valence-electron chi connectivity index (χ0n) is 9.13. The molecule has 1 saturated carbocycles. The zero-order chi connectivity index (χ0) is 13.0. The monoisotopic (exact) mass is 249 g/mol. The molecule has 1 aliphatic carbocycles. The van der Waals surface area contributed by atoms with Crippen molar-refractivity contribution in [1.29, 1.82) is 0 Å². The molecule has 0 amide bonds. The van der Waals surface area contributed by atoms with Gasteiger partial charge in [-0.2, -0.15) is 13.2 Å². The molecular weight excluding hydrogens is 239 g/mol. The molecule has 1 aliphatic rings. The molecule has 1 atom stereocenters. The summed E-state index contributed by atoms with van der Waals surface area (Å²) in [4.78, 5) is 13.9. The second kappa shape index (κ2) is 3.24. The Morgan fingerprint density at radius 3 is 2.35 bits per heavy atom. The van der Waals surface area contributed by atoms with E-state index in [1.165, 1.54) is 0 Å². The largest absolute Gasteiger partial charge is 0.475 e. The van der Waals surface area contributed by atoms with Crippen LogP contribution in [0.25, 0.3) is 0 Å². The van der Waals surface area contributed by atoms with Gasteiger partial charge < -0.3 is 9.52 Å². The number of rotatable bonds is 2. The number of hydrogen-bond acceptors (Lipinski definition) is 3. The summed E-state index contributed by atoms with van der Waals surface area (Å²) in [6.45, 7) is 3.71. The van der Waals surface area contributed by atoms with E-state index in [4.69, 9.17) is 9.52 Å². The SMILES string of the molecule is CC1(C)CC1c1nc(C(F)(F)F)c(C(=O)O)o1. The lowest BCUT2D eigenvalue weighted by atomic mass is 10.1. The molecule has 1 aromatic rings. The molecular formula is C10H10F3NO3. The van der Waals surface area contributed by atoms with Crippen LogP contribution in [-0.4, -0.2) is 16.1 Å². The summed E-state index contributed by atoms with van der Waals surface area (Å²) in [7, 11) is 0. The van der Waals surface area contributed by atoms with Crippen molar-refractivity contribution in [3.8, 4) is 0 Å². The average Bonchev–Trinajstić information content (AvgIpc) is 2.62. The van der Waals surface area contributed by atoms with Gasteiger partial charge in [0.05, 0.1) is 0 Å². The second-order valence-corrected chi connectivity index (χ2v) is 4.78. The van der Waals surface area contributed by atoms with Crippen LogP contribution in [0.15, 0.2) is 4.42 Å². The molecule has 1 N–H and O–H groups in total. The maximum Gasteiger partial charge on any atom is 0.437 e. The summed E-state index contributed by atoms with van der Waals surface area (Å²) in [5.74, 6) is -3.26. The molecule has 0 aliphatic heterocycles. The molecule has 0 aromatic carbocycles. The minimum Gasteiger partial charge on any atom is -0.475 e. The Bertz CT molecular complexity index is 476. The maximum atomic E-state index is 12.5. The minimum atomic E-state index is -4.81. The molecule has 0 bridgehead atoms. The second-order valence-electron chi connectivity index (χ2n) is 4.78. The van der Waals surface area contributed by atoms with Gasteiger partial charge in [0.15, 0.2) is 11.6 Å². The first-order valence-electron chi connectivity index (χ1n) is 4.94. The highest BCUT2D eigenvalue weighted by molar-refractivity contribution is 5.85.